The molecule has 2 fully saturated rings. The minimum Gasteiger partial charge on any atom is -0.460 e. The molecular weight excluding hydrogens is 382 g/mol. The van der Waals surface area contributed by atoms with Crippen LogP contribution < -0.4 is 0 Å². The number of aromatic nitrogens is 2. The summed E-state index contributed by atoms with van der Waals surface area (Å²) in [5.41, 5.74) is 1.08. The lowest BCUT2D eigenvalue weighted by molar-refractivity contribution is -0.135. The molecule has 4 rings (SSSR count). The number of amides is 2. The molecule has 0 spiro atoms. The summed E-state index contributed by atoms with van der Waals surface area (Å²) in [6, 6.07) is 5.47. The second kappa shape index (κ2) is 8.63. The van der Waals surface area contributed by atoms with Crippen molar-refractivity contribution >= 4 is 11.8 Å². The van der Waals surface area contributed by atoms with Crippen LogP contribution in [-0.4, -0.2) is 82.5 Å². The summed E-state index contributed by atoms with van der Waals surface area (Å²) in [6.07, 6.45) is 1.19. The zero-order valence-electron chi connectivity index (χ0n) is 18.1. The SMILES string of the molecule is Cc1ccc(-c2cc(C(=O)N3CCN(CC(=O)N4CC(C)CC(C)C4)CC3)n[nH]2)o1. The summed E-state index contributed by atoms with van der Waals surface area (Å²) < 4.78 is 5.58. The number of furan rings is 1. The van der Waals surface area contributed by atoms with Gasteiger partial charge in [-0.05, 0) is 37.3 Å². The van der Waals surface area contributed by atoms with Crippen molar-refractivity contribution in [3.63, 3.8) is 0 Å². The van der Waals surface area contributed by atoms with Crippen molar-refractivity contribution < 1.29 is 14.0 Å². The number of piperidine rings is 1. The summed E-state index contributed by atoms with van der Waals surface area (Å²) in [5.74, 6) is 2.73. The van der Waals surface area contributed by atoms with E-state index in [4.69, 9.17) is 4.42 Å². The second-order valence-corrected chi connectivity index (χ2v) is 8.89. The Kier molecular flexibility index (Phi) is 5.94. The van der Waals surface area contributed by atoms with Gasteiger partial charge in [0.05, 0.1) is 6.54 Å². The van der Waals surface area contributed by atoms with E-state index >= 15 is 0 Å². The van der Waals surface area contributed by atoms with E-state index in [1.165, 1.54) is 6.42 Å². The van der Waals surface area contributed by atoms with Crippen LogP contribution in [0.3, 0.4) is 0 Å². The lowest BCUT2D eigenvalue weighted by Gasteiger charge is -2.38. The highest BCUT2D eigenvalue weighted by Gasteiger charge is 2.29. The summed E-state index contributed by atoms with van der Waals surface area (Å²) >= 11 is 0. The van der Waals surface area contributed by atoms with E-state index < -0.39 is 0 Å². The van der Waals surface area contributed by atoms with Gasteiger partial charge in [0, 0.05) is 45.3 Å². The molecule has 0 radical (unpaired) electrons. The fourth-order valence-corrected chi connectivity index (χ4v) is 4.57. The monoisotopic (exact) mass is 413 g/mol. The molecule has 2 saturated heterocycles. The minimum absolute atomic E-state index is 0.0922. The van der Waals surface area contributed by atoms with E-state index in [0.29, 0.717) is 61.7 Å². The van der Waals surface area contributed by atoms with Gasteiger partial charge in [-0.25, -0.2) is 0 Å². The van der Waals surface area contributed by atoms with Crippen LogP contribution in [0, 0.1) is 18.8 Å². The Bertz CT molecular complexity index is 886. The average Bonchev–Trinajstić information content (AvgIpc) is 3.36. The van der Waals surface area contributed by atoms with Gasteiger partial charge in [0.15, 0.2) is 11.5 Å². The van der Waals surface area contributed by atoms with Crippen LogP contribution >= 0.6 is 0 Å². The van der Waals surface area contributed by atoms with Crippen molar-refractivity contribution in [1.82, 2.24) is 24.9 Å². The average molecular weight is 414 g/mol. The van der Waals surface area contributed by atoms with Gasteiger partial charge in [-0.3, -0.25) is 19.6 Å². The summed E-state index contributed by atoms with van der Waals surface area (Å²) in [5, 5.41) is 7.05. The largest absolute Gasteiger partial charge is 0.460 e. The first kappa shape index (κ1) is 20.7. The number of hydrogen-bond donors (Lipinski definition) is 1. The predicted molar refractivity (Wildman–Crippen MR) is 113 cm³/mol. The Morgan fingerprint density at radius 3 is 2.43 bits per heavy atom. The Morgan fingerprint density at radius 2 is 1.80 bits per heavy atom. The number of H-pyrrole nitrogens is 1. The van der Waals surface area contributed by atoms with E-state index in [0.717, 1.165) is 18.8 Å². The molecule has 1 N–H and O–H groups in total. The van der Waals surface area contributed by atoms with Gasteiger partial charge in [0.2, 0.25) is 5.91 Å². The van der Waals surface area contributed by atoms with Crippen molar-refractivity contribution in [2.24, 2.45) is 11.8 Å². The van der Waals surface area contributed by atoms with Crippen LogP contribution in [0.4, 0.5) is 0 Å². The molecule has 30 heavy (non-hydrogen) atoms. The Hall–Kier alpha value is -2.61. The zero-order valence-corrected chi connectivity index (χ0v) is 18.1. The third-order valence-electron chi connectivity index (χ3n) is 6.04. The topological polar surface area (TPSA) is 85.7 Å². The van der Waals surface area contributed by atoms with E-state index in [1.54, 1.807) is 11.0 Å². The molecule has 8 heteroatoms. The molecule has 0 aromatic carbocycles. The maximum Gasteiger partial charge on any atom is 0.274 e. The summed E-state index contributed by atoms with van der Waals surface area (Å²) in [4.78, 5) is 31.5. The van der Waals surface area contributed by atoms with Gasteiger partial charge in [0.1, 0.15) is 11.5 Å². The molecule has 0 saturated carbocycles. The van der Waals surface area contributed by atoms with Crippen molar-refractivity contribution in [2.75, 3.05) is 45.8 Å². The van der Waals surface area contributed by atoms with Gasteiger partial charge in [-0.2, -0.15) is 5.10 Å². The highest BCUT2D eigenvalue weighted by Crippen LogP contribution is 2.22. The maximum atomic E-state index is 12.8. The molecule has 4 heterocycles. The second-order valence-electron chi connectivity index (χ2n) is 8.89. The molecule has 0 bridgehead atoms. The smallest absolute Gasteiger partial charge is 0.274 e. The molecule has 8 nitrogen and oxygen atoms in total. The molecule has 2 aliphatic heterocycles. The highest BCUT2D eigenvalue weighted by atomic mass is 16.3. The van der Waals surface area contributed by atoms with Crippen molar-refractivity contribution in [3.8, 4) is 11.5 Å². The van der Waals surface area contributed by atoms with Crippen LogP contribution in [0.25, 0.3) is 11.5 Å². The van der Waals surface area contributed by atoms with E-state index in [2.05, 4.69) is 28.9 Å². The van der Waals surface area contributed by atoms with Crippen LogP contribution in [0.15, 0.2) is 22.6 Å². The van der Waals surface area contributed by atoms with Gasteiger partial charge in [-0.1, -0.05) is 13.8 Å². The lowest BCUT2D eigenvalue weighted by atomic mass is 9.92. The van der Waals surface area contributed by atoms with E-state index in [1.807, 2.05) is 24.0 Å². The number of nitrogens with zero attached hydrogens (tertiary/aromatic N) is 4. The molecule has 2 atom stereocenters. The maximum absolute atomic E-state index is 12.8. The molecule has 2 aromatic rings. The first-order valence-corrected chi connectivity index (χ1v) is 10.8. The predicted octanol–water partition coefficient (Wildman–Crippen LogP) is 2.24. The van der Waals surface area contributed by atoms with Crippen molar-refractivity contribution in [2.45, 2.75) is 27.2 Å². The number of carbonyl (C=O) groups excluding carboxylic acids is 2. The van der Waals surface area contributed by atoms with Gasteiger partial charge >= 0.3 is 0 Å². The quantitative estimate of drug-likeness (QED) is 0.831. The number of aromatic amines is 1. The molecule has 162 valence electrons. The minimum atomic E-state index is -0.0922. The number of likely N-dealkylation sites (tertiary alicyclic amines) is 1. The number of rotatable bonds is 4. The molecular formula is C22H31N5O3. The molecule has 2 aromatic heterocycles. The number of carbonyl (C=O) groups is 2. The van der Waals surface area contributed by atoms with Crippen LogP contribution in [0.2, 0.25) is 0 Å². The Morgan fingerprint density at radius 1 is 1.10 bits per heavy atom. The van der Waals surface area contributed by atoms with Gasteiger partial charge in [0.25, 0.3) is 5.91 Å². The number of hydrogen-bond acceptors (Lipinski definition) is 5. The third kappa shape index (κ3) is 4.59. The molecule has 2 unspecified atom stereocenters. The third-order valence-corrected chi connectivity index (χ3v) is 6.04. The summed E-state index contributed by atoms with van der Waals surface area (Å²) in [6.45, 7) is 11.1. The lowest BCUT2D eigenvalue weighted by Crippen LogP contribution is -2.53. The van der Waals surface area contributed by atoms with Crippen LogP contribution in [0.5, 0.6) is 0 Å². The first-order chi connectivity index (χ1) is 14.4. The summed E-state index contributed by atoms with van der Waals surface area (Å²) in [7, 11) is 0. The zero-order chi connectivity index (χ0) is 21.3. The van der Waals surface area contributed by atoms with Gasteiger partial charge < -0.3 is 14.2 Å². The molecule has 2 aliphatic rings. The molecule has 0 aliphatic carbocycles. The Labute approximate surface area is 177 Å². The van der Waals surface area contributed by atoms with Crippen molar-refractivity contribution in [3.05, 3.63) is 29.7 Å². The van der Waals surface area contributed by atoms with E-state index in [-0.39, 0.29) is 11.8 Å². The van der Waals surface area contributed by atoms with E-state index in [9.17, 15) is 9.59 Å². The first-order valence-electron chi connectivity index (χ1n) is 10.8. The van der Waals surface area contributed by atoms with Gasteiger partial charge in [-0.15, -0.1) is 0 Å². The Balaban J connectivity index is 1.28. The van der Waals surface area contributed by atoms with Crippen LogP contribution in [-0.2, 0) is 4.79 Å². The van der Waals surface area contributed by atoms with Crippen molar-refractivity contribution in [1.29, 1.82) is 0 Å². The normalized spacial score (nSPS) is 23.0. The number of piperazine rings is 1. The molecule has 2 amide bonds. The fourth-order valence-electron chi connectivity index (χ4n) is 4.57. The fraction of sp³-hybridized carbons (Fsp3) is 0.591. The number of nitrogens with one attached hydrogen (secondary N) is 1. The van der Waals surface area contributed by atoms with Crippen LogP contribution in [0.1, 0.15) is 36.5 Å². The highest BCUT2D eigenvalue weighted by molar-refractivity contribution is 5.93. The standard InChI is InChI=1S/C22H31N5O3/c1-15-10-16(2)13-27(12-15)21(28)14-25-6-8-26(9-7-25)22(29)19-11-18(23-24-19)20-5-4-17(3)30-20/h4-5,11,15-16H,6-10,12-14H2,1-3H3,(H,23,24). The number of aryl methyl sites for hydroxylation is 1.